The molecule has 0 aliphatic heterocycles. The number of hydrogen-bond acceptors (Lipinski definition) is 4. The molecule has 0 heterocycles. The minimum absolute atomic E-state index is 0.0997. The summed E-state index contributed by atoms with van der Waals surface area (Å²) in [7, 11) is -3.78. The highest BCUT2D eigenvalue weighted by molar-refractivity contribution is 7.92. The molecule has 7 nitrogen and oxygen atoms in total. The number of anilines is 1. The molecule has 1 atom stereocenters. The van der Waals surface area contributed by atoms with Crippen LogP contribution in [-0.4, -0.2) is 49.5 Å². The molecule has 0 fully saturated rings. The van der Waals surface area contributed by atoms with Crippen molar-refractivity contribution in [2.75, 3.05) is 17.1 Å². The molecular formula is C25H34ClN3O4S. The van der Waals surface area contributed by atoms with Gasteiger partial charge in [0.05, 0.1) is 11.9 Å². The molecule has 186 valence electrons. The Morgan fingerprint density at radius 3 is 2.29 bits per heavy atom. The second kappa shape index (κ2) is 10.8. The average molecular weight is 508 g/mol. The van der Waals surface area contributed by atoms with E-state index in [-0.39, 0.29) is 12.5 Å². The number of nitrogens with zero attached hydrogens (tertiary/aromatic N) is 2. The van der Waals surface area contributed by atoms with Crippen molar-refractivity contribution in [1.82, 2.24) is 10.2 Å². The van der Waals surface area contributed by atoms with E-state index in [4.69, 9.17) is 11.6 Å². The van der Waals surface area contributed by atoms with Crippen molar-refractivity contribution in [1.29, 1.82) is 0 Å². The fraction of sp³-hybridized carbons (Fsp3) is 0.440. The van der Waals surface area contributed by atoms with Crippen molar-refractivity contribution < 1.29 is 18.0 Å². The van der Waals surface area contributed by atoms with Gasteiger partial charge in [0.15, 0.2) is 0 Å². The summed E-state index contributed by atoms with van der Waals surface area (Å²) >= 11 is 6.12. The third-order valence-electron chi connectivity index (χ3n) is 5.22. The summed E-state index contributed by atoms with van der Waals surface area (Å²) in [5, 5.41) is 3.40. The van der Waals surface area contributed by atoms with Gasteiger partial charge in [-0.25, -0.2) is 8.42 Å². The molecule has 0 aliphatic rings. The Morgan fingerprint density at radius 1 is 1.09 bits per heavy atom. The normalized spacial score (nSPS) is 12.7. The van der Waals surface area contributed by atoms with Crippen LogP contribution in [-0.2, 0) is 26.2 Å². The Hall–Kier alpha value is -2.58. The summed E-state index contributed by atoms with van der Waals surface area (Å²) in [6.07, 6.45) is 1.07. The van der Waals surface area contributed by atoms with Crippen LogP contribution in [0.15, 0.2) is 42.5 Å². The van der Waals surface area contributed by atoms with Crippen molar-refractivity contribution in [3.8, 4) is 0 Å². The molecule has 0 aromatic heterocycles. The maximum absolute atomic E-state index is 13.6. The summed E-state index contributed by atoms with van der Waals surface area (Å²) in [4.78, 5) is 27.9. The highest BCUT2D eigenvalue weighted by Crippen LogP contribution is 2.25. The predicted molar refractivity (Wildman–Crippen MR) is 137 cm³/mol. The van der Waals surface area contributed by atoms with Crippen LogP contribution >= 0.6 is 11.6 Å². The fourth-order valence-electron chi connectivity index (χ4n) is 3.47. The minimum atomic E-state index is -3.78. The van der Waals surface area contributed by atoms with E-state index in [1.165, 1.54) is 4.90 Å². The number of carbonyl (C=O) groups is 2. The number of sulfonamides is 1. The second-order valence-electron chi connectivity index (χ2n) is 9.63. The molecule has 0 saturated heterocycles. The van der Waals surface area contributed by atoms with E-state index in [0.717, 1.165) is 27.3 Å². The van der Waals surface area contributed by atoms with Gasteiger partial charge in [0.1, 0.15) is 12.6 Å². The predicted octanol–water partition coefficient (Wildman–Crippen LogP) is 4.05. The molecule has 34 heavy (non-hydrogen) atoms. The second-order valence-corrected chi connectivity index (χ2v) is 12.0. The van der Waals surface area contributed by atoms with Gasteiger partial charge in [0, 0.05) is 17.1 Å². The summed E-state index contributed by atoms with van der Waals surface area (Å²) in [6.45, 7) is 10.5. The van der Waals surface area contributed by atoms with Crippen molar-refractivity contribution in [2.45, 2.75) is 59.7 Å². The van der Waals surface area contributed by atoms with Crippen LogP contribution < -0.4 is 9.62 Å². The van der Waals surface area contributed by atoms with Gasteiger partial charge in [-0.15, -0.1) is 0 Å². The number of aryl methyl sites for hydroxylation is 2. The SMILES string of the molecule is Cc1ccc(C)c(N(CC(=O)N(Cc2cccc(Cl)c2)[C@H](C)C(=O)NC(C)(C)C)S(C)(=O)=O)c1. The molecule has 2 aromatic rings. The molecule has 1 N–H and O–H groups in total. The van der Waals surface area contributed by atoms with E-state index < -0.39 is 34.1 Å². The largest absolute Gasteiger partial charge is 0.350 e. The van der Waals surface area contributed by atoms with Crippen LogP contribution in [0, 0.1) is 13.8 Å². The highest BCUT2D eigenvalue weighted by atomic mass is 35.5. The highest BCUT2D eigenvalue weighted by Gasteiger charge is 2.31. The topological polar surface area (TPSA) is 86.8 Å². The lowest BCUT2D eigenvalue weighted by Crippen LogP contribution is -2.54. The van der Waals surface area contributed by atoms with Crippen LogP contribution in [0.5, 0.6) is 0 Å². The Bertz CT molecular complexity index is 1160. The van der Waals surface area contributed by atoms with Gasteiger partial charge in [-0.2, -0.15) is 0 Å². The summed E-state index contributed by atoms with van der Waals surface area (Å²) in [5.74, 6) is -0.830. The number of halogens is 1. The zero-order chi connectivity index (χ0) is 25.8. The fourth-order valence-corrected chi connectivity index (χ4v) is 4.58. The maximum Gasteiger partial charge on any atom is 0.244 e. The molecule has 2 rings (SSSR count). The Labute approximate surface area is 208 Å². The lowest BCUT2D eigenvalue weighted by molar-refractivity contribution is -0.140. The first-order valence-corrected chi connectivity index (χ1v) is 13.2. The molecule has 0 spiro atoms. The van der Waals surface area contributed by atoms with E-state index in [2.05, 4.69) is 5.32 Å². The van der Waals surface area contributed by atoms with Gasteiger partial charge in [0.2, 0.25) is 21.8 Å². The third-order valence-corrected chi connectivity index (χ3v) is 6.58. The van der Waals surface area contributed by atoms with E-state index in [1.54, 1.807) is 44.2 Å². The zero-order valence-corrected chi connectivity index (χ0v) is 22.4. The van der Waals surface area contributed by atoms with E-state index in [9.17, 15) is 18.0 Å². The number of benzene rings is 2. The smallest absolute Gasteiger partial charge is 0.244 e. The van der Waals surface area contributed by atoms with Crippen LogP contribution in [0.3, 0.4) is 0 Å². The Balaban J connectivity index is 2.45. The molecule has 2 aromatic carbocycles. The molecular weight excluding hydrogens is 474 g/mol. The van der Waals surface area contributed by atoms with Gasteiger partial charge in [-0.3, -0.25) is 13.9 Å². The number of amides is 2. The van der Waals surface area contributed by atoms with Gasteiger partial charge < -0.3 is 10.2 Å². The van der Waals surface area contributed by atoms with Crippen molar-refractivity contribution in [2.24, 2.45) is 0 Å². The number of rotatable bonds is 8. The van der Waals surface area contributed by atoms with Gasteiger partial charge in [-0.1, -0.05) is 35.9 Å². The van der Waals surface area contributed by atoms with E-state index in [0.29, 0.717) is 10.7 Å². The molecule has 0 radical (unpaired) electrons. The monoisotopic (exact) mass is 507 g/mol. The molecule has 0 saturated carbocycles. The molecule has 0 unspecified atom stereocenters. The Kier molecular flexibility index (Phi) is 8.77. The third kappa shape index (κ3) is 7.74. The standard InChI is InChI=1S/C25H34ClN3O4S/c1-17-11-12-18(2)22(13-17)29(34(7,32)33)16-23(30)28(15-20-9-8-10-21(26)14-20)19(3)24(31)27-25(4,5)6/h8-14,19H,15-16H2,1-7H3,(H,27,31)/t19-/m1/s1. The number of nitrogens with one attached hydrogen (secondary N) is 1. The lowest BCUT2D eigenvalue weighted by Gasteiger charge is -2.33. The maximum atomic E-state index is 13.6. The molecule has 0 bridgehead atoms. The van der Waals surface area contributed by atoms with Crippen molar-refractivity contribution in [3.05, 3.63) is 64.2 Å². The number of hydrogen-bond donors (Lipinski definition) is 1. The quantitative estimate of drug-likeness (QED) is 0.583. The summed E-state index contributed by atoms with van der Waals surface area (Å²) in [5.41, 5.74) is 2.27. The summed E-state index contributed by atoms with van der Waals surface area (Å²) in [6, 6.07) is 11.6. The van der Waals surface area contributed by atoms with E-state index >= 15 is 0 Å². The first-order chi connectivity index (χ1) is 15.6. The van der Waals surface area contributed by atoms with E-state index in [1.807, 2.05) is 39.8 Å². The van der Waals surface area contributed by atoms with Crippen molar-refractivity contribution >= 4 is 39.1 Å². The first-order valence-electron chi connectivity index (χ1n) is 11.0. The first kappa shape index (κ1) is 27.7. The molecule has 2 amide bonds. The van der Waals surface area contributed by atoms with Crippen LogP contribution in [0.2, 0.25) is 5.02 Å². The van der Waals surface area contributed by atoms with Crippen LogP contribution in [0.25, 0.3) is 0 Å². The van der Waals surface area contributed by atoms with Gasteiger partial charge in [-0.05, 0) is 76.4 Å². The zero-order valence-electron chi connectivity index (χ0n) is 20.8. The molecule has 0 aliphatic carbocycles. The minimum Gasteiger partial charge on any atom is -0.350 e. The summed E-state index contributed by atoms with van der Waals surface area (Å²) < 4.78 is 26.5. The Morgan fingerprint density at radius 2 is 1.74 bits per heavy atom. The molecule has 9 heteroatoms. The van der Waals surface area contributed by atoms with Gasteiger partial charge >= 0.3 is 0 Å². The van der Waals surface area contributed by atoms with Crippen LogP contribution in [0.4, 0.5) is 5.69 Å². The lowest BCUT2D eigenvalue weighted by atomic mass is 10.1. The number of carbonyl (C=O) groups excluding carboxylic acids is 2. The average Bonchev–Trinajstić information content (AvgIpc) is 2.69. The van der Waals surface area contributed by atoms with Crippen molar-refractivity contribution in [3.63, 3.8) is 0 Å². The van der Waals surface area contributed by atoms with Gasteiger partial charge in [0.25, 0.3) is 0 Å². The van der Waals surface area contributed by atoms with Crippen LogP contribution in [0.1, 0.15) is 44.4 Å².